The molecule has 102 valence electrons. The summed E-state index contributed by atoms with van der Waals surface area (Å²) < 4.78 is 0. The van der Waals surface area contributed by atoms with Gasteiger partial charge in [0.15, 0.2) is 0 Å². The van der Waals surface area contributed by atoms with Gasteiger partial charge in [-0.15, -0.1) is 0 Å². The predicted molar refractivity (Wildman–Crippen MR) is 79.0 cm³/mol. The largest absolute Gasteiger partial charge is 0.395 e. The third-order valence-electron chi connectivity index (χ3n) is 3.20. The van der Waals surface area contributed by atoms with Crippen LogP contribution < -0.4 is 5.32 Å². The molecule has 0 spiro atoms. The van der Waals surface area contributed by atoms with Crippen LogP contribution in [0.3, 0.4) is 0 Å². The second kappa shape index (κ2) is 7.44. The maximum Gasteiger partial charge on any atom is 0.0991 e. The summed E-state index contributed by atoms with van der Waals surface area (Å²) in [4.78, 5) is 0. The van der Waals surface area contributed by atoms with Gasteiger partial charge in [-0.2, -0.15) is 5.26 Å². The van der Waals surface area contributed by atoms with Crippen molar-refractivity contribution in [1.29, 1.82) is 5.26 Å². The molecule has 0 amide bonds. The summed E-state index contributed by atoms with van der Waals surface area (Å²) in [6.07, 6.45) is 0.787. The predicted octanol–water partition coefficient (Wildman–Crippen LogP) is 2.25. The van der Waals surface area contributed by atoms with E-state index in [1.54, 1.807) is 6.07 Å². The van der Waals surface area contributed by atoms with Gasteiger partial charge >= 0.3 is 0 Å². The second-order valence-electron chi connectivity index (χ2n) is 4.76. The first-order valence-electron chi connectivity index (χ1n) is 6.69. The van der Waals surface area contributed by atoms with Gasteiger partial charge in [0.25, 0.3) is 0 Å². The number of benzene rings is 2. The zero-order valence-electron chi connectivity index (χ0n) is 11.3. The minimum Gasteiger partial charge on any atom is -0.395 e. The maximum atomic E-state index is 9.45. The molecule has 3 nitrogen and oxygen atoms in total. The Labute approximate surface area is 119 Å². The zero-order chi connectivity index (χ0) is 14.2. The van der Waals surface area contributed by atoms with Crippen LogP contribution in [0, 0.1) is 11.3 Å². The van der Waals surface area contributed by atoms with Gasteiger partial charge in [-0.1, -0.05) is 42.5 Å². The number of nitrogens with one attached hydrogen (secondary N) is 1. The van der Waals surface area contributed by atoms with E-state index in [4.69, 9.17) is 5.26 Å². The van der Waals surface area contributed by atoms with Gasteiger partial charge in [-0.05, 0) is 29.7 Å². The van der Waals surface area contributed by atoms with Gasteiger partial charge in [0.05, 0.1) is 18.2 Å². The third-order valence-corrected chi connectivity index (χ3v) is 3.20. The van der Waals surface area contributed by atoms with Crippen LogP contribution in [0.15, 0.2) is 54.6 Å². The summed E-state index contributed by atoms with van der Waals surface area (Å²) in [5.41, 5.74) is 2.91. The molecule has 0 saturated carbocycles. The first kappa shape index (κ1) is 14.3. The molecule has 0 aliphatic heterocycles. The molecule has 0 saturated heterocycles. The van der Waals surface area contributed by atoms with E-state index < -0.39 is 0 Å². The highest BCUT2D eigenvalue weighted by Crippen LogP contribution is 2.06. The number of aliphatic hydroxyl groups excluding tert-OH is 1. The average Bonchev–Trinajstić information content (AvgIpc) is 2.52. The van der Waals surface area contributed by atoms with Crippen LogP contribution in [0.5, 0.6) is 0 Å². The summed E-state index contributed by atoms with van der Waals surface area (Å²) >= 11 is 0. The molecule has 2 rings (SSSR count). The Morgan fingerprint density at radius 3 is 2.50 bits per heavy atom. The Kier molecular flexibility index (Phi) is 5.31. The van der Waals surface area contributed by atoms with Gasteiger partial charge in [0, 0.05) is 12.6 Å². The molecule has 0 heterocycles. The van der Waals surface area contributed by atoms with Crippen molar-refractivity contribution in [3.63, 3.8) is 0 Å². The number of nitriles is 1. The van der Waals surface area contributed by atoms with Crippen LogP contribution in [0.4, 0.5) is 0 Å². The lowest BCUT2D eigenvalue weighted by Gasteiger charge is -2.16. The molecule has 0 aliphatic rings. The molecule has 0 aromatic heterocycles. The highest BCUT2D eigenvalue weighted by atomic mass is 16.3. The van der Waals surface area contributed by atoms with Crippen molar-refractivity contribution in [2.45, 2.75) is 19.0 Å². The molecular weight excluding hydrogens is 248 g/mol. The number of nitrogens with zero attached hydrogens (tertiary/aromatic N) is 1. The lowest BCUT2D eigenvalue weighted by Crippen LogP contribution is -2.34. The lowest BCUT2D eigenvalue weighted by molar-refractivity contribution is 0.241. The Bertz CT molecular complexity index is 575. The van der Waals surface area contributed by atoms with Crippen molar-refractivity contribution >= 4 is 0 Å². The molecule has 0 fully saturated rings. The molecule has 3 heteroatoms. The summed E-state index contributed by atoms with van der Waals surface area (Å²) in [5, 5.41) is 21.6. The number of aliphatic hydroxyl groups is 1. The summed E-state index contributed by atoms with van der Waals surface area (Å²) in [7, 11) is 0. The van der Waals surface area contributed by atoms with Crippen LogP contribution in [-0.4, -0.2) is 17.8 Å². The minimum absolute atomic E-state index is 0.0168. The Hall–Kier alpha value is -2.15. The molecule has 0 aliphatic carbocycles. The van der Waals surface area contributed by atoms with Crippen LogP contribution in [0.1, 0.15) is 16.7 Å². The molecule has 0 unspecified atom stereocenters. The van der Waals surface area contributed by atoms with E-state index in [9.17, 15) is 5.11 Å². The van der Waals surface area contributed by atoms with Crippen LogP contribution in [0.2, 0.25) is 0 Å². The number of rotatable bonds is 6. The zero-order valence-corrected chi connectivity index (χ0v) is 11.3. The standard InChI is InChI=1S/C17H18N2O/c18-11-15-7-4-8-16(9-15)12-19-17(13-20)10-14-5-2-1-3-6-14/h1-9,17,19-20H,10,12-13H2/t17-/m1/s1. The van der Waals surface area contributed by atoms with Crippen molar-refractivity contribution in [2.24, 2.45) is 0 Å². The van der Waals surface area contributed by atoms with Crippen molar-refractivity contribution in [3.8, 4) is 6.07 Å². The van der Waals surface area contributed by atoms with Crippen LogP contribution >= 0.6 is 0 Å². The Morgan fingerprint density at radius 2 is 1.80 bits per heavy atom. The van der Waals surface area contributed by atoms with Crippen LogP contribution in [0.25, 0.3) is 0 Å². The highest BCUT2D eigenvalue weighted by Gasteiger charge is 2.07. The van der Waals surface area contributed by atoms with E-state index in [0.29, 0.717) is 12.1 Å². The third kappa shape index (κ3) is 4.20. The fourth-order valence-electron chi connectivity index (χ4n) is 2.11. The molecule has 0 bridgehead atoms. The molecule has 20 heavy (non-hydrogen) atoms. The first-order chi connectivity index (χ1) is 9.81. The van der Waals surface area contributed by atoms with E-state index >= 15 is 0 Å². The average molecular weight is 266 g/mol. The van der Waals surface area contributed by atoms with Gasteiger partial charge in [0.2, 0.25) is 0 Å². The lowest BCUT2D eigenvalue weighted by atomic mass is 10.1. The molecule has 1 atom stereocenters. The molecule has 2 aromatic rings. The van der Waals surface area contributed by atoms with Crippen molar-refractivity contribution in [2.75, 3.05) is 6.61 Å². The molecule has 2 N–H and O–H groups in total. The van der Waals surface area contributed by atoms with Crippen molar-refractivity contribution in [3.05, 3.63) is 71.3 Å². The summed E-state index contributed by atoms with van der Waals surface area (Å²) in [5.74, 6) is 0. The fraction of sp³-hybridized carbons (Fsp3) is 0.235. The minimum atomic E-state index is 0.0168. The second-order valence-corrected chi connectivity index (χ2v) is 4.76. The first-order valence-corrected chi connectivity index (χ1v) is 6.69. The molecule has 2 aromatic carbocycles. The van der Waals surface area contributed by atoms with Gasteiger partial charge in [-0.25, -0.2) is 0 Å². The van der Waals surface area contributed by atoms with Gasteiger partial charge < -0.3 is 10.4 Å². The Morgan fingerprint density at radius 1 is 1.05 bits per heavy atom. The van der Waals surface area contributed by atoms with Crippen molar-refractivity contribution in [1.82, 2.24) is 5.32 Å². The number of hydrogen-bond acceptors (Lipinski definition) is 3. The molecular formula is C17H18N2O. The molecule has 0 radical (unpaired) electrons. The topological polar surface area (TPSA) is 56.0 Å². The van der Waals surface area contributed by atoms with E-state index in [-0.39, 0.29) is 12.6 Å². The summed E-state index contributed by atoms with van der Waals surface area (Å²) in [6.45, 7) is 0.737. The monoisotopic (exact) mass is 266 g/mol. The highest BCUT2D eigenvalue weighted by molar-refractivity contribution is 5.32. The number of hydrogen-bond donors (Lipinski definition) is 2. The van der Waals surface area contributed by atoms with Gasteiger partial charge in [0.1, 0.15) is 0 Å². The Balaban J connectivity index is 1.92. The van der Waals surface area contributed by atoms with Gasteiger partial charge in [-0.3, -0.25) is 0 Å². The quantitative estimate of drug-likeness (QED) is 0.843. The van der Waals surface area contributed by atoms with E-state index in [0.717, 1.165) is 12.0 Å². The smallest absolute Gasteiger partial charge is 0.0991 e. The fourth-order valence-corrected chi connectivity index (χ4v) is 2.11. The normalized spacial score (nSPS) is 11.8. The summed E-state index contributed by atoms with van der Waals surface area (Å²) in [6, 6.07) is 19.8. The maximum absolute atomic E-state index is 9.45. The van der Waals surface area contributed by atoms with E-state index in [2.05, 4.69) is 23.5 Å². The van der Waals surface area contributed by atoms with Crippen LogP contribution in [-0.2, 0) is 13.0 Å². The van der Waals surface area contributed by atoms with Crippen molar-refractivity contribution < 1.29 is 5.11 Å². The van der Waals surface area contributed by atoms with E-state index in [1.165, 1.54) is 5.56 Å². The van der Waals surface area contributed by atoms with E-state index in [1.807, 2.05) is 36.4 Å². The SMILES string of the molecule is N#Cc1cccc(CN[C@@H](CO)Cc2ccccc2)c1.